The molecule has 114 valence electrons. The van der Waals surface area contributed by atoms with Crippen molar-refractivity contribution in [1.29, 1.82) is 0 Å². The van der Waals surface area contributed by atoms with Crippen LogP contribution in [-0.4, -0.2) is 51.0 Å². The third kappa shape index (κ3) is 3.10. The Kier molecular flexibility index (Phi) is 4.53. The molecule has 2 aliphatic rings. The topological polar surface area (TPSA) is 54.0 Å². The Labute approximate surface area is 124 Å². The summed E-state index contributed by atoms with van der Waals surface area (Å²) in [6, 6.07) is 7.83. The molecule has 2 aliphatic heterocycles. The van der Waals surface area contributed by atoms with Crippen LogP contribution in [0, 0.1) is 0 Å². The molecule has 21 heavy (non-hydrogen) atoms. The molecule has 0 saturated carbocycles. The summed E-state index contributed by atoms with van der Waals surface area (Å²) in [5.74, 6) is 0.795. The Bertz CT molecular complexity index is 472. The number of hydrogen-bond donors (Lipinski definition) is 0. The van der Waals surface area contributed by atoms with Gasteiger partial charge in [0.2, 0.25) is 0 Å². The molecule has 4 atom stereocenters. The molecule has 3 rings (SSSR count). The lowest BCUT2D eigenvalue weighted by molar-refractivity contribution is -0.107. The molecular weight excluding hydrogens is 272 g/mol. The molecule has 5 nitrogen and oxygen atoms in total. The molecule has 0 spiro atoms. The number of methoxy groups -OCH3 is 1. The molecular formula is C16H20O5. The van der Waals surface area contributed by atoms with Gasteiger partial charge in [0, 0.05) is 13.5 Å². The van der Waals surface area contributed by atoms with Crippen molar-refractivity contribution in [3.05, 3.63) is 29.8 Å². The van der Waals surface area contributed by atoms with Crippen molar-refractivity contribution in [2.45, 2.75) is 37.3 Å². The smallest absolute Gasteiger partial charge is 0.151 e. The van der Waals surface area contributed by atoms with Crippen molar-refractivity contribution in [2.24, 2.45) is 0 Å². The maximum absolute atomic E-state index is 10.4. The van der Waals surface area contributed by atoms with Crippen LogP contribution >= 0.6 is 0 Å². The maximum Gasteiger partial charge on any atom is 0.151 e. The molecule has 2 saturated heterocycles. The van der Waals surface area contributed by atoms with Gasteiger partial charge in [-0.05, 0) is 24.1 Å². The average Bonchev–Trinajstić information content (AvgIpc) is 3.09. The van der Waals surface area contributed by atoms with Gasteiger partial charge in [0.05, 0.1) is 13.2 Å². The van der Waals surface area contributed by atoms with Gasteiger partial charge in [-0.3, -0.25) is 0 Å². The molecule has 0 amide bonds. The second-order valence-electron chi connectivity index (χ2n) is 5.38. The summed E-state index contributed by atoms with van der Waals surface area (Å²) < 4.78 is 22.8. The van der Waals surface area contributed by atoms with Crippen LogP contribution in [0.5, 0.6) is 5.75 Å². The zero-order valence-electron chi connectivity index (χ0n) is 12.1. The first-order valence-electron chi connectivity index (χ1n) is 7.27. The summed E-state index contributed by atoms with van der Waals surface area (Å²) in [5.41, 5.74) is 1.13. The Morgan fingerprint density at radius 2 is 1.81 bits per heavy atom. The fraction of sp³-hybridized carbons (Fsp3) is 0.562. The van der Waals surface area contributed by atoms with Gasteiger partial charge in [0.15, 0.2) is 6.10 Å². The molecule has 0 N–H and O–H groups in total. The monoisotopic (exact) mass is 292 g/mol. The van der Waals surface area contributed by atoms with E-state index in [0.717, 1.165) is 24.0 Å². The number of ether oxygens (including phenoxy) is 4. The third-order valence-electron chi connectivity index (χ3n) is 4.03. The quantitative estimate of drug-likeness (QED) is 0.741. The highest BCUT2D eigenvalue weighted by Crippen LogP contribution is 2.31. The van der Waals surface area contributed by atoms with Gasteiger partial charge in [0.25, 0.3) is 0 Å². The largest absolute Gasteiger partial charge is 0.485 e. The number of benzene rings is 1. The van der Waals surface area contributed by atoms with Crippen LogP contribution in [0.1, 0.15) is 12.0 Å². The zero-order valence-corrected chi connectivity index (χ0v) is 12.1. The van der Waals surface area contributed by atoms with Crippen LogP contribution < -0.4 is 4.74 Å². The van der Waals surface area contributed by atoms with Crippen molar-refractivity contribution in [1.82, 2.24) is 0 Å². The van der Waals surface area contributed by atoms with Crippen molar-refractivity contribution in [3.8, 4) is 5.75 Å². The van der Waals surface area contributed by atoms with Crippen LogP contribution in [0.2, 0.25) is 0 Å². The predicted molar refractivity (Wildman–Crippen MR) is 75.5 cm³/mol. The second-order valence-corrected chi connectivity index (χ2v) is 5.38. The summed E-state index contributed by atoms with van der Waals surface area (Å²) in [6.07, 6.45) is 2.04. The van der Waals surface area contributed by atoms with Crippen LogP contribution in [0.15, 0.2) is 24.3 Å². The lowest BCUT2D eigenvalue weighted by atomic mass is 10.1. The fourth-order valence-corrected chi connectivity index (χ4v) is 2.87. The minimum atomic E-state index is -0.101. The Hall–Kier alpha value is -1.43. The first-order chi connectivity index (χ1) is 10.3. The van der Waals surface area contributed by atoms with Gasteiger partial charge < -0.3 is 23.7 Å². The lowest BCUT2D eigenvalue weighted by Gasteiger charge is -2.18. The molecule has 1 aromatic carbocycles. The van der Waals surface area contributed by atoms with E-state index in [0.29, 0.717) is 19.6 Å². The fourth-order valence-electron chi connectivity index (χ4n) is 2.87. The van der Waals surface area contributed by atoms with Crippen molar-refractivity contribution < 1.29 is 23.7 Å². The lowest BCUT2D eigenvalue weighted by Crippen LogP contribution is -2.35. The number of hydrogen-bond acceptors (Lipinski definition) is 5. The summed E-state index contributed by atoms with van der Waals surface area (Å²) in [7, 11) is 1.67. The van der Waals surface area contributed by atoms with Gasteiger partial charge in [0.1, 0.15) is 30.3 Å². The van der Waals surface area contributed by atoms with E-state index < -0.39 is 0 Å². The average molecular weight is 292 g/mol. The number of aryl methyl sites for hydroxylation is 1. The van der Waals surface area contributed by atoms with Crippen LogP contribution in [0.4, 0.5) is 0 Å². The second kappa shape index (κ2) is 6.56. The number of fused-ring (bicyclic) bond motifs is 1. The van der Waals surface area contributed by atoms with Gasteiger partial charge in [-0.2, -0.15) is 0 Å². The molecule has 0 aromatic heterocycles. The van der Waals surface area contributed by atoms with Gasteiger partial charge in [-0.15, -0.1) is 0 Å². The van der Waals surface area contributed by atoms with E-state index in [1.54, 1.807) is 7.11 Å². The van der Waals surface area contributed by atoms with E-state index in [9.17, 15) is 4.79 Å². The highest BCUT2D eigenvalue weighted by atomic mass is 16.6. The highest BCUT2D eigenvalue weighted by Gasteiger charge is 2.49. The minimum absolute atomic E-state index is 0.00526. The molecule has 0 aliphatic carbocycles. The predicted octanol–water partition coefficient (Wildman–Crippen LogP) is 1.38. The van der Waals surface area contributed by atoms with E-state index >= 15 is 0 Å². The molecule has 0 radical (unpaired) electrons. The van der Waals surface area contributed by atoms with E-state index in [-0.39, 0.29) is 24.4 Å². The zero-order chi connectivity index (χ0) is 14.7. The first kappa shape index (κ1) is 14.5. The van der Waals surface area contributed by atoms with E-state index in [1.165, 1.54) is 0 Å². The molecule has 5 heteroatoms. The van der Waals surface area contributed by atoms with E-state index in [4.69, 9.17) is 18.9 Å². The number of carbonyl (C=O) groups is 1. The van der Waals surface area contributed by atoms with Gasteiger partial charge in [-0.1, -0.05) is 12.1 Å². The van der Waals surface area contributed by atoms with Crippen molar-refractivity contribution in [2.75, 3.05) is 20.3 Å². The van der Waals surface area contributed by atoms with Crippen LogP contribution in [0.3, 0.4) is 0 Å². The highest BCUT2D eigenvalue weighted by molar-refractivity contribution is 5.50. The molecule has 1 aromatic rings. The van der Waals surface area contributed by atoms with Gasteiger partial charge in [-0.25, -0.2) is 0 Å². The number of carbonyl (C=O) groups excluding carboxylic acids is 1. The van der Waals surface area contributed by atoms with Crippen molar-refractivity contribution in [3.63, 3.8) is 0 Å². The molecule has 0 unspecified atom stereocenters. The van der Waals surface area contributed by atoms with Crippen LogP contribution in [-0.2, 0) is 25.4 Å². The Morgan fingerprint density at radius 3 is 2.48 bits per heavy atom. The third-order valence-corrected chi connectivity index (χ3v) is 4.03. The standard InChI is InChI=1S/C16H20O5/c1-18-13-9-19-16-14(10-20-15(13)16)21-12-6-4-11(5-7-12)3-2-8-17/h4-8,13-16H,2-3,9-10H2,1H3/t13-,14-,15-,16-/m1/s1. The molecule has 0 bridgehead atoms. The SMILES string of the molecule is CO[C@@H]1CO[C@H]2[C@@H]1OC[C@H]2Oc1ccc(CCC=O)cc1. The number of aldehydes is 1. The Balaban J connectivity index is 1.58. The van der Waals surface area contributed by atoms with E-state index in [1.807, 2.05) is 24.3 Å². The molecule has 2 heterocycles. The van der Waals surface area contributed by atoms with E-state index in [2.05, 4.69) is 0 Å². The first-order valence-corrected chi connectivity index (χ1v) is 7.27. The number of rotatable bonds is 6. The van der Waals surface area contributed by atoms with Crippen molar-refractivity contribution >= 4 is 6.29 Å². The van der Waals surface area contributed by atoms with Gasteiger partial charge >= 0.3 is 0 Å². The minimum Gasteiger partial charge on any atom is -0.485 e. The Morgan fingerprint density at radius 1 is 1.14 bits per heavy atom. The maximum atomic E-state index is 10.4. The van der Waals surface area contributed by atoms with Crippen LogP contribution in [0.25, 0.3) is 0 Å². The summed E-state index contributed by atoms with van der Waals surface area (Å²) in [5, 5.41) is 0. The summed E-state index contributed by atoms with van der Waals surface area (Å²) in [4.78, 5) is 10.4. The summed E-state index contributed by atoms with van der Waals surface area (Å²) in [6.45, 7) is 1.07. The normalized spacial score (nSPS) is 31.1. The molecule has 2 fully saturated rings. The summed E-state index contributed by atoms with van der Waals surface area (Å²) >= 11 is 0.